The summed E-state index contributed by atoms with van der Waals surface area (Å²) in [7, 11) is 1.75. The van der Waals surface area contributed by atoms with Crippen LogP contribution in [0.15, 0.2) is 24.3 Å². The third-order valence-corrected chi connectivity index (χ3v) is 4.61. The molecular formula is C19H25F3N2O3. The number of carbonyl (C=O) groups is 2. The first-order chi connectivity index (χ1) is 12.7. The molecular weight excluding hydrogens is 361 g/mol. The molecule has 0 aliphatic carbocycles. The monoisotopic (exact) mass is 386 g/mol. The zero-order valence-corrected chi connectivity index (χ0v) is 15.6. The van der Waals surface area contributed by atoms with E-state index >= 15 is 0 Å². The second-order valence-corrected chi connectivity index (χ2v) is 6.77. The van der Waals surface area contributed by atoms with Crippen LogP contribution in [0.1, 0.15) is 30.9 Å². The van der Waals surface area contributed by atoms with Gasteiger partial charge in [0.15, 0.2) is 0 Å². The van der Waals surface area contributed by atoms with Gasteiger partial charge < -0.3 is 9.64 Å². The number of amides is 1. The van der Waals surface area contributed by atoms with Gasteiger partial charge in [0, 0.05) is 19.6 Å². The highest BCUT2D eigenvalue weighted by Gasteiger charge is 2.30. The molecule has 0 spiro atoms. The van der Waals surface area contributed by atoms with Crippen LogP contribution in [0.4, 0.5) is 13.2 Å². The summed E-state index contributed by atoms with van der Waals surface area (Å²) in [6.07, 6.45) is -3.17. The fourth-order valence-electron chi connectivity index (χ4n) is 3.12. The van der Waals surface area contributed by atoms with Crippen molar-refractivity contribution in [3.05, 3.63) is 35.4 Å². The molecule has 150 valence electrons. The maximum Gasteiger partial charge on any atom is 0.416 e. The highest BCUT2D eigenvalue weighted by atomic mass is 19.4. The average Bonchev–Trinajstić information content (AvgIpc) is 2.61. The lowest BCUT2D eigenvalue weighted by Crippen LogP contribution is -2.44. The van der Waals surface area contributed by atoms with Crippen molar-refractivity contribution in [1.82, 2.24) is 9.80 Å². The summed E-state index contributed by atoms with van der Waals surface area (Å²) < 4.78 is 42.8. The van der Waals surface area contributed by atoms with Crippen molar-refractivity contribution in [1.29, 1.82) is 0 Å². The minimum atomic E-state index is -4.35. The highest BCUT2D eigenvalue weighted by Crippen LogP contribution is 2.29. The third kappa shape index (κ3) is 6.23. The molecule has 1 fully saturated rings. The molecule has 0 unspecified atom stereocenters. The van der Waals surface area contributed by atoms with Crippen molar-refractivity contribution in [2.75, 3.05) is 33.3 Å². The largest absolute Gasteiger partial charge is 0.466 e. The summed E-state index contributed by atoms with van der Waals surface area (Å²) in [5.74, 6) is -0.408. The zero-order valence-electron chi connectivity index (χ0n) is 15.6. The Balaban J connectivity index is 1.80. The molecule has 0 atom stereocenters. The van der Waals surface area contributed by atoms with Gasteiger partial charge in [0.25, 0.3) is 0 Å². The highest BCUT2D eigenvalue weighted by molar-refractivity contribution is 5.79. The Hall–Kier alpha value is -2.09. The van der Waals surface area contributed by atoms with E-state index in [1.54, 1.807) is 23.8 Å². The number of carbonyl (C=O) groups excluding carboxylic acids is 2. The predicted molar refractivity (Wildman–Crippen MR) is 93.7 cm³/mol. The number of hydrogen-bond acceptors (Lipinski definition) is 4. The van der Waals surface area contributed by atoms with E-state index in [2.05, 4.69) is 0 Å². The number of rotatable bonds is 6. The van der Waals surface area contributed by atoms with Gasteiger partial charge in [-0.05, 0) is 44.5 Å². The zero-order chi connectivity index (χ0) is 20.0. The first-order valence-corrected chi connectivity index (χ1v) is 8.99. The van der Waals surface area contributed by atoms with Crippen LogP contribution in [0.3, 0.4) is 0 Å². The molecule has 1 aliphatic rings. The van der Waals surface area contributed by atoms with E-state index in [0.717, 1.165) is 12.1 Å². The minimum Gasteiger partial charge on any atom is -0.466 e. The van der Waals surface area contributed by atoms with Crippen LogP contribution in [0.2, 0.25) is 0 Å². The number of hydrogen-bond donors (Lipinski definition) is 0. The Morgan fingerprint density at radius 1 is 1.19 bits per heavy atom. The second kappa shape index (κ2) is 9.21. The summed E-state index contributed by atoms with van der Waals surface area (Å²) in [6, 6.07) is 4.94. The standard InChI is InChI=1S/C19H25F3N2O3/c1-3-27-18(26)15-8-10-24(11-9-15)17(25)13-23(2)12-14-4-6-16(7-5-14)19(20,21)22/h4-7,15H,3,8-13H2,1-2H3. The van der Waals surface area contributed by atoms with Gasteiger partial charge in [-0.1, -0.05) is 12.1 Å². The van der Waals surface area contributed by atoms with E-state index in [-0.39, 0.29) is 24.3 Å². The molecule has 1 heterocycles. The summed E-state index contributed by atoms with van der Waals surface area (Å²) in [6.45, 7) is 3.69. The number of alkyl halides is 3. The molecule has 0 bridgehead atoms. The Bertz CT molecular complexity index is 639. The number of halogens is 3. The van der Waals surface area contributed by atoms with Gasteiger partial charge in [-0.15, -0.1) is 0 Å². The van der Waals surface area contributed by atoms with Crippen molar-refractivity contribution in [3.63, 3.8) is 0 Å². The molecule has 1 aromatic rings. The molecule has 0 N–H and O–H groups in total. The van der Waals surface area contributed by atoms with Crippen LogP contribution < -0.4 is 0 Å². The SMILES string of the molecule is CCOC(=O)C1CCN(C(=O)CN(C)Cc2ccc(C(F)(F)F)cc2)CC1. The molecule has 1 saturated heterocycles. The predicted octanol–water partition coefficient (Wildman–Crippen LogP) is 2.94. The molecule has 0 radical (unpaired) electrons. The molecule has 5 nitrogen and oxygen atoms in total. The van der Waals surface area contributed by atoms with Gasteiger partial charge in [0.1, 0.15) is 0 Å². The van der Waals surface area contributed by atoms with E-state index in [4.69, 9.17) is 4.74 Å². The van der Waals surface area contributed by atoms with Crippen molar-refractivity contribution >= 4 is 11.9 Å². The average molecular weight is 386 g/mol. The number of likely N-dealkylation sites (tertiary alicyclic amines) is 1. The van der Waals surface area contributed by atoms with E-state index in [1.807, 2.05) is 0 Å². The van der Waals surface area contributed by atoms with Gasteiger partial charge in [0.05, 0.1) is 24.6 Å². The lowest BCUT2D eigenvalue weighted by Gasteiger charge is -2.32. The van der Waals surface area contributed by atoms with E-state index in [0.29, 0.717) is 44.6 Å². The molecule has 1 aromatic carbocycles. The quantitative estimate of drug-likeness (QED) is 0.706. The van der Waals surface area contributed by atoms with Crippen molar-refractivity contribution in [2.45, 2.75) is 32.5 Å². The molecule has 1 amide bonds. The number of nitrogens with zero attached hydrogens (tertiary/aromatic N) is 2. The van der Waals surface area contributed by atoms with E-state index < -0.39 is 11.7 Å². The summed E-state index contributed by atoms with van der Waals surface area (Å²) >= 11 is 0. The minimum absolute atomic E-state index is 0.0493. The Labute approximate surface area is 157 Å². The topological polar surface area (TPSA) is 49.9 Å². The maximum absolute atomic E-state index is 12.6. The van der Waals surface area contributed by atoms with E-state index in [9.17, 15) is 22.8 Å². The molecule has 27 heavy (non-hydrogen) atoms. The Kier molecular flexibility index (Phi) is 7.24. The Morgan fingerprint density at radius 2 is 1.78 bits per heavy atom. The fraction of sp³-hybridized carbons (Fsp3) is 0.579. The van der Waals surface area contributed by atoms with Crippen LogP contribution in [0.25, 0.3) is 0 Å². The summed E-state index contributed by atoms with van der Waals surface area (Å²) in [5, 5.41) is 0. The van der Waals surface area contributed by atoms with Crippen LogP contribution in [-0.2, 0) is 27.0 Å². The van der Waals surface area contributed by atoms with Gasteiger partial charge in [-0.3, -0.25) is 14.5 Å². The Morgan fingerprint density at radius 3 is 2.30 bits per heavy atom. The van der Waals surface area contributed by atoms with Gasteiger partial charge in [-0.25, -0.2) is 0 Å². The summed E-state index contributed by atoms with van der Waals surface area (Å²) in [5.41, 5.74) is 0.0220. The van der Waals surface area contributed by atoms with Crippen molar-refractivity contribution < 1.29 is 27.5 Å². The maximum atomic E-state index is 12.6. The van der Waals surface area contributed by atoms with E-state index in [1.165, 1.54) is 12.1 Å². The number of benzene rings is 1. The van der Waals surface area contributed by atoms with Gasteiger partial charge in [-0.2, -0.15) is 13.2 Å². The first-order valence-electron chi connectivity index (χ1n) is 8.99. The molecule has 8 heteroatoms. The van der Waals surface area contributed by atoms with Crippen LogP contribution in [0, 0.1) is 5.92 Å². The lowest BCUT2D eigenvalue weighted by atomic mass is 9.97. The lowest BCUT2D eigenvalue weighted by molar-refractivity contribution is -0.151. The summed E-state index contributed by atoms with van der Waals surface area (Å²) in [4.78, 5) is 27.6. The van der Waals surface area contributed by atoms with Crippen molar-refractivity contribution in [3.8, 4) is 0 Å². The molecule has 1 aliphatic heterocycles. The second-order valence-electron chi connectivity index (χ2n) is 6.77. The molecule has 2 rings (SSSR count). The smallest absolute Gasteiger partial charge is 0.416 e. The number of likely N-dealkylation sites (N-methyl/N-ethyl adjacent to an activating group) is 1. The van der Waals surface area contributed by atoms with Crippen LogP contribution in [0.5, 0.6) is 0 Å². The fourth-order valence-corrected chi connectivity index (χ4v) is 3.12. The normalized spacial score (nSPS) is 15.9. The van der Waals surface area contributed by atoms with Gasteiger partial charge >= 0.3 is 12.1 Å². The number of esters is 1. The third-order valence-electron chi connectivity index (χ3n) is 4.61. The van der Waals surface area contributed by atoms with Crippen LogP contribution >= 0.6 is 0 Å². The number of ether oxygens (including phenoxy) is 1. The first kappa shape index (κ1) is 21.2. The van der Waals surface area contributed by atoms with Crippen molar-refractivity contribution in [2.24, 2.45) is 5.92 Å². The number of piperidine rings is 1. The van der Waals surface area contributed by atoms with Gasteiger partial charge in [0.2, 0.25) is 5.91 Å². The van der Waals surface area contributed by atoms with Crippen LogP contribution in [-0.4, -0.2) is 55.0 Å². The molecule has 0 saturated carbocycles. The molecule has 0 aromatic heterocycles.